The molecule has 0 N–H and O–H groups in total. The van der Waals surface area contributed by atoms with Crippen LogP contribution in [0.3, 0.4) is 0 Å². The molecule has 0 aliphatic carbocycles. The van der Waals surface area contributed by atoms with Gasteiger partial charge < -0.3 is 0 Å². The highest BCUT2D eigenvalue weighted by Gasteiger charge is 2.17. The number of halogens is 1. The fourth-order valence-electron chi connectivity index (χ4n) is 1.41. The first-order valence-corrected chi connectivity index (χ1v) is 6.28. The molecule has 1 atom stereocenters. The average molecular weight is 262 g/mol. The summed E-state index contributed by atoms with van der Waals surface area (Å²) in [4.78, 5) is 20.2. The van der Waals surface area contributed by atoms with Crippen molar-refractivity contribution in [3.05, 3.63) is 54.1 Å². The second-order valence-electron chi connectivity index (χ2n) is 3.66. The van der Waals surface area contributed by atoms with E-state index in [0.29, 0.717) is 10.7 Å². The van der Waals surface area contributed by atoms with E-state index in [1.807, 2.05) is 0 Å². The zero-order valence-electron chi connectivity index (χ0n) is 9.71. The Morgan fingerprint density at radius 3 is 2.44 bits per heavy atom. The quantitative estimate of drug-likeness (QED) is 0.482. The van der Waals surface area contributed by atoms with Gasteiger partial charge in [-0.3, -0.25) is 4.79 Å². The van der Waals surface area contributed by atoms with Gasteiger partial charge in [-0.05, 0) is 37.3 Å². The number of ketones is 1. The summed E-state index contributed by atoms with van der Waals surface area (Å²) >= 11 is 1.29. The van der Waals surface area contributed by atoms with Crippen LogP contribution in [0.5, 0.6) is 0 Å². The molecular weight excluding hydrogens is 251 g/mol. The van der Waals surface area contributed by atoms with Crippen LogP contribution in [-0.4, -0.2) is 21.0 Å². The van der Waals surface area contributed by atoms with E-state index in [1.54, 1.807) is 25.4 Å². The first kappa shape index (κ1) is 12.7. The van der Waals surface area contributed by atoms with Crippen molar-refractivity contribution in [3.8, 4) is 0 Å². The molecule has 92 valence electrons. The van der Waals surface area contributed by atoms with E-state index in [4.69, 9.17) is 0 Å². The summed E-state index contributed by atoms with van der Waals surface area (Å²) in [5.74, 6) is -0.411. The molecule has 1 heterocycles. The molecule has 1 aromatic carbocycles. The van der Waals surface area contributed by atoms with Gasteiger partial charge in [-0.2, -0.15) is 0 Å². The molecule has 0 saturated carbocycles. The fraction of sp³-hybridized carbons (Fsp3) is 0.154. The highest BCUT2D eigenvalue weighted by Crippen LogP contribution is 2.21. The van der Waals surface area contributed by atoms with Crippen molar-refractivity contribution in [2.75, 3.05) is 0 Å². The Hall–Kier alpha value is -1.75. The van der Waals surface area contributed by atoms with Crippen molar-refractivity contribution in [3.63, 3.8) is 0 Å². The van der Waals surface area contributed by atoms with Crippen LogP contribution in [0.2, 0.25) is 0 Å². The lowest BCUT2D eigenvalue weighted by molar-refractivity contribution is 0.0994. The number of carbonyl (C=O) groups is 1. The number of Topliss-reactive ketones (excluding diaryl/α,β-unsaturated/α-hetero) is 1. The second-order valence-corrected chi connectivity index (χ2v) is 4.97. The predicted octanol–water partition coefficient (Wildman–Crippen LogP) is 2.98. The van der Waals surface area contributed by atoms with Gasteiger partial charge in [0.1, 0.15) is 5.82 Å². The van der Waals surface area contributed by atoms with E-state index in [1.165, 1.54) is 36.0 Å². The number of carbonyl (C=O) groups excluding carboxylic acids is 1. The van der Waals surface area contributed by atoms with Crippen LogP contribution in [0.1, 0.15) is 17.3 Å². The highest BCUT2D eigenvalue weighted by molar-refractivity contribution is 8.00. The van der Waals surface area contributed by atoms with Gasteiger partial charge in [0.25, 0.3) is 0 Å². The highest BCUT2D eigenvalue weighted by atomic mass is 32.2. The second kappa shape index (κ2) is 5.73. The minimum Gasteiger partial charge on any atom is -0.293 e. The number of aromatic nitrogens is 2. The molecule has 1 aromatic heterocycles. The van der Waals surface area contributed by atoms with Crippen LogP contribution in [0.4, 0.5) is 4.39 Å². The van der Waals surface area contributed by atoms with E-state index in [2.05, 4.69) is 9.97 Å². The summed E-state index contributed by atoms with van der Waals surface area (Å²) in [5, 5.41) is 0.248. The van der Waals surface area contributed by atoms with E-state index in [-0.39, 0.29) is 16.9 Å². The van der Waals surface area contributed by atoms with Gasteiger partial charge in [-0.1, -0.05) is 11.8 Å². The Morgan fingerprint density at radius 1 is 1.22 bits per heavy atom. The van der Waals surface area contributed by atoms with Gasteiger partial charge in [-0.25, -0.2) is 14.4 Å². The average Bonchev–Trinajstić information content (AvgIpc) is 2.40. The largest absolute Gasteiger partial charge is 0.293 e. The van der Waals surface area contributed by atoms with Gasteiger partial charge in [0.05, 0.1) is 5.25 Å². The molecule has 0 fully saturated rings. The molecule has 5 heteroatoms. The fourth-order valence-corrected chi connectivity index (χ4v) is 2.21. The van der Waals surface area contributed by atoms with Crippen molar-refractivity contribution < 1.29 is 9.18 Å². The molecule has 3 nitrogen and oxygen atoms in total. The molecule has 0 spiro atoms. The third-order valence-electron chi connectivity index (χ3n) is 2.32. The molecule has 0 bridgehead atoms. The number of benzene rings is 1. The normalized spacial score (nSPS) is 12.1. The van der Waals surface area contributed by atoms with Gasteiger partial charge in [0.15, 0.2) is 10.9 Å². The summed E-state index contributed by atoms with van der Waals surface area (Å²) in [7, 11) is 0. The molecular formula is C13H11FN2OS. The summed E-state index contributed by atoms with van der Waals surface area (Å²) in [6, 6.07) is 7.25. The van der Waals surface area contributed by atoms with Crippen LogP contribution in [0.25, 0.3) is 0 Å². The Morgan fingerprint density at radius 2 is 1.83 bits per heavy atom. The molecule has 0 aliphatic rings. The third kappa shape index (κ3) is 3.13. The topological polar surface area (TPSA) is 42.9 Å². The Balaban J connectivity index is 2.07. The van der Waals surface area contributed by atoms with Crippen molar-refractivity contribution >= 4 is 17.5 Å². The maximum absolute atomic E-state index is 12.8. The van der Waals surface area contributed by atoms with Crippen LogP contribution in [0.15, 0.2) is 47.9 Å². The maximum Gasteiger partial charge on any atom is 0.188 e. The van der Waals surface area contributed by atoms with Crippen molar-refractivity contribution in [1.29, 1.82) is 0 Å². The Labute approximate surface area is 108 Å². The molecule has 0 radical (unpaired) electrons. The maximum atomic E-state index is 12.8. The van der Waals surface area contributed by atoms with Crippen LogP contribution in [-0.2, 0) is 0 Å². The minimum atomic E-state index is -0.349. The summed E-state index contributed by atoms with van der Waals surface area (Å²) < 4.78 is 12.8. The van der Waals surface area contributed by atoms with Gasteiger partial charge in [-0.15, -0.1) is 0 Å². The molecule has 0 aliphatic heterocycles. The lowest BCUT2D eigenvalue weighted by atomic mass is 10.1. The Kier molecular flexibility index (Phi) is 4.04. The molecule has 0 amide bonds. The summed E-state index contributed by atoms with van der Waals surface area (Å²) in [5.41, 5.74) is 0.493. The van der Waals surface area contributed by atoms with E-state index < -0.39 is 0 Å². The Bertz CT molecular complexity index is 530. The van der Waals surface area contributed by atoms with Crippen LogP contribution < -0.4 is 0 Å². The van der Waals surface area contributed by atoms with Crippen LogP contribution >= 0.6 is 11.8 Å². The molecule has 0 saturated heterocycles. The number of rotatable bonds is 4. The first-order chi connectivity index (χ1) is 8.66. The predicted molar refractivity (Wildman–Crippen MR) is 68.1 cm³/mol. The van der Waals surface area contributed by atoms with Crippen molar-refractivity contribution in [2.45, 2.75) is 17.3 Å². The van der Waals surface area contributed by atoms with Gasteiger partial charge in [0.2, 0.25) is 0 Å². The minimum absolute atomic E-state index is 0.0625. The number of hydrogen-bond acceptors (Lipinski definition) is 4. The first-order valence-electron chi connectivity index (χ1n) is 5.40. The lowest BCUT2D eigenvalue weighted by Gasteiger charge is -2.08. The van der Waals surface area contributed by atoms with E-state index in [9.17, 15) is 9.18 Å². The van der Waals surface area contributed by atoms with E-state index in [0.717, 1.165) is 0 Å². The lowest BCUT2D eigenvalue weighted by Crippen LogP contribution is -2.13. The summed E-state index contributed by atoms with van der Waals surface area (Å²) in [6.07, 6.45) is 3.26. The van der Waals surface area contributed by atoms with Gasteiger partial charge >= 0.3 is 0 Å². The summed E-state index contributed by atoms with van der Waals surface area (Å²) in [6.45, 7) is 1.78. The number of thioether (sulfide) groups is 1. The van der Waals surface area contributed by atoms with Crippen molar-refractivity contribution in [1.82, 2.24) is 9.97 Å². The molecule has 2 rings (SSSR count). The standard InChI is InChI=1S/C13H11FN2OS/c1-9(18-13-15-7-2-8-16-13)12(17)10-3-5-11(14)6-4-10/h2-9H,1H3/t9-/m1/s1. The monoisotopic (exact) mass is 262 g/mol. The third-order valence-corrected chi connectivity index (χ3v) is 3.31. The smallest absolute Gasteiger partial charge is 0.188 e. The zero-order valence-corrected chi connectivity index (χ0v) is 10.5. The number of hydrogen-bond donors (Lipinski definition) is 0. The SMILES string of the molecule is C[C@@H](Sc1ncccn1)C(=O)c1ccc(F)cc1. The number of nitrogens with zero attached hydrogens (tertiary/aromatic N) is 2. The van der Waals surface area contributed by atoms with Gasteiger partial charge in [0, 0.05) is 18.0 Å². The van der Waals surface area contributed by atoms with Crippen molar-refractivity contribution in [2.24, 2.45) is 0 Å². The molecule has 2 aromatic rings. The van der Waals surface area contributed by atoms with E-state index >= 15 is 0 Å². The molecule has 0 unspecified atom stereocenters. The van der Waals surface area contributed by atoms with Crippen LogP contribution in [0, 0.1) is 5.82 Å². The zero-order chi connectivity index (χ0) is 13.0. The molecule has 18 heavy (non-hydrogen) atoms.